The van der Waals surface area contributed by atoms with Crippen LogP contribution < -0.4 is 11.1 Å². The van der Waals surface area contributed by atoms with Crippen molar-refractivity contribution in [2.45, 2.75) is 51.5 Å². The molecule has 0 aromatic carbocycles. The molecule has 0 heterocycles. The van der Waals surface area contributed by atoms with Crippen molar-refractivity contribution >= 4 is 17.8 Å². The van der Waals surface area contributed by atoms with E-state index in [1.807, 2.05) is 19.1 Å². The SMILES string of the molecule is C/C=C\CCCC(=O)NC(CC(N)=O)C(=O)OCCCCO[N+](=O)[O-]. The minimum atomic E-state index is -1.14. The normalized spacial score (nSPS) is 11.7. The highest BCUT2D eigenvalue weighted by molar-refractivity contribution is 5.88. The van der Waals surface area contributed by atoms with Crippen LogP contribution in [0, 0.1) is 10.1 Å². The number of esters is 1. The van der Waals surface area contributed by atoms with Crippen LogP contribution in [0.4, 0.5) is 0 Å². The maximum absolute atomic E-state index is 11.9. The Morgan fingerprint density at radius 1 is 1.24 bits per heavy atom. The molecule has 0 fully saturated rings. The zero-order valence-electron chi connectivity index (χ0n) is 14.3. The fourth-order valence-corrected chi connectivity index (χ4v) is 1.82. The number of nitrogens with zero attached hydrogens (tertiary/aromatic N) is 1. The van der Waals surface area contributed by atoms with Crippen molar-refractivity contribution < 1.29 is 29.0 Å². The molecule has 0 spiro atoms. The fraction of sp³-hybridized carbons (Fsp3) is 0.667. The second-order valence-corrected chi connectivity index (χ2v) is 5.18. The minimum Gasteiger partial charge on any atom is -0.464 e. The summed E-state index contributed by atoms with van der Waals surface area (Å²) in [5, 5.41) is 11.5. The number of allylic oxidation sites excluding steroid dienone is 2. The number of carbonyl (C=O) groups is 3. The lowest BCUT2D eigenvalue weighted by atomic mass is 10.1. The van der Waals surface area contributed by atoms with Gasteiger partial charge in [-0.2, -0.15) is 0 Å². The van der Waals surface area contributed by atoms with Crippen LogP contribution in [0.5, 0.6) is 0 Å². The Morgan fingerprint density at radius 3 is 2.52 bits per heavy atom. The van der Waals surface area contributed by atoms with Gasteiger partial charge in [-0.15, -0.1) is 10.1 Å². The molecule has 25 heavy (non-hydrogen) atoms. The molecule has 1 atom stereocenters. The fourth-order valence-electron chi connectivity index (χ4n) is 1.82. The second kappa shape index (κ2) is 13.8. The van der Waals surface area contributed by atoms with E-state index in [0.29, 0.717) is 19.3 Å². The van der Waals surface area contributed by atoms with E-state index in [-0.39, 0.29) is 32.0 Å². The molecule has 10 nitrogen and oxygen atoms in total. The number of primary amides is 1. The number of hydrogen-bond acceptors (Lipinski definition) is 7. The van der Waals surface area contributed by atoms with Crippen LogP contribution in [0.2, 0.25) is 0 Å². The third-order valence-electron chi connectivity index (χ3n) is 3.02. The molecular weight excluding hydrogens is 334 g/mol. The monoisotopic (exact) mass is 359 g/mol. The van der Waals surface area contributed by atoms with E-state index < -0.39 is 23.0 Å². The molecule has 0 aliphatic heterocycles. The first kappa shape index (κ1) is 22.3. The highest BCUT2D eigenvalue weighted by Gasteiger charge is 2.24. The van der Waals surface area contributed by atoms with Crippen LogP contribution in [0.15, 0.2) is 12.2 Å². The van der Waals surface area contributed by atoms with Gasteiger partial charge in [0.15, 0.2) is 0 Å². The molecular formula is C15H25N3O7. The van der Waals surface area contributed by atoms with E-state index in [4.69, 9.17) is 10.5 Å². The lowest BCUT2D eigenvalue weighted by Gasteiger charge is -2.16. The highest BCUT2D eigenvalue weighted by Crippen LogP contribution is 2.02. The highest BCUT2D eigenvalue weighted by atomic mass is 16.9. The van der Waals surface area contributed by atoms with Crippen molar-refractivity contribution in [3.05, 3.63) is 22.3 Å². The zero-order valence-corrected chi connectivity index (χ0v) is 14.3. The Hall–Kier alpha value is -2.65. The number of nitrogens with one attached hydrogen (secondary N) is 1. The Balaban J connectivity index is 4.21. The van der Waals surface area contributed by atoms with Crippen molar-refractivity contribution in [1.29, 1.82) is 0 Å². The molecule has 0 bridgehead atoms. The number of nitrogens with two attached hydrogens (primary N) is 1. The molecule has 1 unspecified atom stereocenters. The van der Waals surface area contributed by atoms with Gasteiger partial charge in [0.1, 0.15) is 6.04 Å². The van der Waals surface area contributed by atoms with Crippen LogP contribution in [-0.4, -0.2) is 42.1 Å². The second-order valence-electron chi connectivity index (χ2n) is 5.18. The van der Waals surface area contributed by atoms with Gasteiger partial charge >= 0.3 is 5.97 Å². The van der Waals surface area contributed by atoms with Crippen LogP contribution in [0.3, 0.4) is 0 Å². The molecule has 142 valence electrons. The zero-order chi connectivity index (χ0) is 19.1. The Kier molecular flexibility index (Phi) is 12.3. The average molecular weight is 359 g/mol. The molecule has 2 amide bonds. The van der Waals surface area contributed by atoms with Gasteiger partial charge in [-0.3, -0.25) is 9.59 Å². The third kappa shape index (κ3) is 13.5. The molecule has 0 radical (unpaired) electrons. The van der Waals surface area contributed by atoms with E-state index in [9.17, 15) is 24.5 Å². The lowest BCUT2D eigenvalue weighted by Crippen LogP contribution is -2.44. The van der Waals surface area contributed by atoms with Gasteiger partial charge in [-0.1, -0.05) is 12.2 Å². The molecule has 3 N–H and O–H groups in total. The van der Waals surface area contributed by atoms with Crippen molar-refractivity contribution in [2.24, 2.45) is 5.73 Å². The van der Waals surface area contributed by atoms with Crippen LogP contribution in [-0.2, 0) is 24.0 Å². The van der Waals surface area contributed by atoms with Gasteiger partial charge in [0.2, 0.25) is 11.8 Å². The predicted octanol–water partition coefficient (Wildman–Crippen LogP) is 0.625. The molecule has 10 heteroatoms. The largest absolute Gasteiger partial charge is 0.464 e. The smallest absolute Gasteiger partial charge is 0.329 e. The molecule has 0 saturated carbocycles. The van der Waals surface area contributed by atoms with Crippen LogP contribution in [0.1, 0.15) is 45.4 Å². The maximum atomic E-state index is 11.9. The average Bonchev–Trinajstić information content (AvgIpc) is 2.53. The number of hydrogen-bond donors (Lipinski definition) is 2. The van der Waals surface area contributed by atoms with Gasteiger partial charge in [-0.05, 0) is 32.6 Å². The number of ether oxygens (including phenoxy) is 1. The summed E-state index contributed by atoms with van der Waals surface area (Å²) < 4.78 is 4.96. The van der Waals surface area contributed by atoms with E-state index in [1.54, 1.807) is 0 Å². The third-order valence-corrected chi connectivity index (χ3v) is 3.02. The first-order valence-corrected chi connectivity index (χ1v) is 7.99. The van der Waals surface area contributed by atoms with E-state index in [2.05, 4.69) is 10.2 Å². The van der Waals surface area contributed by atoms with Gasteiger partial charge in [0.25, 0.3) is 5.09 Å². The predicted molar refractivity (Wildman–Crippen MR) is 87.5 cm³/mol. The molecule has 0 aliphatic rings. The summed E-state index contributed by atoms with van der Waals surface area (Å²) in [6, 6.07) is -1.14. The van der Waals surface area contributed by atoms with E-state index in [0.717, 1.165) is 6.42 Å². The van der Waals surface area contributed by atoms with Crippen LogP contribution in [0.25, 0.3) is 0 Å². The van der Waals surface area contributed by atoms with Gasteiger partial charge in [-0.25, -0.2) is 4.79 Å². The van der Waals surface area contributed by atoms with Gasteiger partial charge in [0, 0.05) is 6.42 Å². The molecule has 0 saturated heterocycles. The lowest BCUT2D eigenvalue weighted by molar-refractivity contribution is -0.757. The molecule has 0 aromatic rings. The molecule has 0 aliphatic carbocycles. The first-order chi connectivity index (χ1) is 11.9. The molecule has 0 aromatic heterocycles. The summed E-state index contributed by atoms with van der Waals surface area (Å²) in [4.78, 5) is 48.9. The standard InChI is InChI=1S/C15H25N3O7/c1-2-3-4-5-8-14(20)17-12(11-13(16)19)15(21)24-9-6-7-10-25-18(22)23/h2-3,12H,4-11H2,1H3,(H2,16,19)(H,17,20)/b3-2-. The Labute approximate surface area is 145 Å². The summed E-state index contributed by atoms with van der Waals surface area (Å²) in [5.41, 5.74) is 5.08. The Morgan fingerprint density at radius 2 is 1.92 bits per heavy atom. The summed E-state index contributed by atoms with van der Waals surface area (Å²) >= 11 is 0. The van der Waals surface area contributed by atoms with Gasteiger partial charge < -0.3 is 20.6 Å². The van der Waals surface area contributed by atoms with Crippen molar-refractivity contribution in [1.82, 2.24) is 5.32 Å². The number of unbranched alkanes of at least 4 members (excludes halogenated alkanes) is 2. The van der Waals surface area contributed by atoms with Crippen molar-refractivity contribution in [2.75, 3.05) is 13.2 Å². The topological polar surface area (TPSA) is 151 Å². The Bertz CT molecular complexity index is 480. The van der Waals surface area contributed by atoms with Crippen molar-refractivity contribution in [3.63, 3.8) is 0 Å². The first-order valence-electron chi connectivity index (χ1n) is 7.99. The summed E-state index contributed by atoms with van der Waals surface area (Å²) in [5.74, 6) is -1.88. The van der Waals surface area contributed by atoms with Crippen molar-refractivity contribution in [3.8, 4) is 0 Å². The minimum absolute atomic E-state index is 0.00760. The summed E-state index contributed by atoms with van der Waals surface area (Å²) in [6.45, 7) is 1.77. The number of carbonyl (C=O) groups excluding carboxylic acids is 3. The maximum Gasteiger partial charge on any atom is 0.329 e. The number of rotatable bonds is 14. The summed E-state index contributed by atoms with van der Waals surface area (Å²) in [7, 11) is 0. The van der Waals surface area contributed by atoms with E-state index >= 15 is 0 Å². The molecule has 0 rings (SSSR count). The van der Waals surface area contributed by atoms with Gasteiger partial charge in [0.05, 0.1) is 19.6 Å². The van der Waals surface area contributed by atoms with E-state index in [1.165, 1.54) is 0 Å². The van der Waals surface area contributed by atoms with Crippen LogP contribution >= 0.6 is 0 Å². The summed E-state index contributed by atoms with van der Waals surface area (Å²) in [6.07, 6.45) is 5.68. The quantitative estimate of drug-likeness (QED) is 0.152. The number of amides is 2.